The fraction of sp³-hybridized carbons (Fsp3) is 0.471. The minimum absolute atomic E-state index is 0.0933. The summed E-state index contributed by atoms with van der Waals surface area (Å²) in [5, 5.41) is 3.69. The predicted molar refractivity (Wildman–Crippen MR) is 92.0 cm³/mol. The summed E-state index contributed by atoms with van der Waals surface area (Å²) in [4.78, 5) is 2.33. The van der Waals surface area contributed by atoms with Gasteiger partial charge in [-0.1, -0.05) is 42.4 Å². The van der Waals surface area contributed by atoms with Crippen LogP contribution in [-0.4, -0.2) is 55.5 Å². The van der Waals surface area contributed by atoms with E-state index in [4.69, 9.17) is 4.52 Å². The third-order valence-corrected chi connectivity index (χ3v) is 6.26. The summed E-state index contributed by atoms with van der Waals surface area (Å²) in [6.45, 7) is 5.73. The fourth-order valence-corrected chi connectivity index (χ4v) is 4.48. The lowest BCUT2D eigenvalue weighted by Crippen LogP contribution is -2.49. The molecule has 0 N–H and O–H groups in total. The molecular weight excluding hydrogens is 326 g/mol. The van der Waals surface area contributed by atoms with Gasteiger partial charge in [0.05, 0.1) is 5.69 Å². The van der Waals surface area contributed by atoms with Crippen LogP contribution < -0.4 is 0 Å². The molecule has 2 heterocycles. The van der Waals surface area contributed by atoms with Gasteiger partial charge in [-0.2, -0.15) is 4.31 Å². The van der Waals surface area contributed by atoms with Gasteiger partial charge < -0.3 is 9.42 Å². The number of rotatable bonds is 6. The van der Waals surface area contributed by atoms with E-state index in [1.165, 1.54) is 11.8 Å². The van der Waals surface area contributed by atoms with Crippen molar-refractivity contribution >= 4 is 10.0 Å². The maximum absolute atomic E-state index is 12.4. The number of piperazine rings is 1. The van der Waals surface area contributed by atoms with Crippen LogP contribution in [0, 0.1) is 0 Å². The van der Waals surface area contributed by atoms with E-state index in [1.807, 2.05) is 6.07 Å². The molecule has 130 valence electrons. The second-order valence-corrected chi connectivity index (χ2v) is 8.23. The van der Waals surface area contributed by atoms with E-state index in [2.05, 4.69) is 41.2 Å². The second kappa shape index (κ2) is 7.46. The Kier molecular flexibility index (Phi) is 5.33. The fourth-order valence-electron chi connectivity index (χ4n) is 3.05. The zero-order valence-electron chi connectivity index (χ0n) is 13.8. The van der Waals surface area contributed by atoms with Gasteiger partial charge >= 0.3 is 0 Å². The molecule has 6 nitrogen and oxygen atoms in total. The van der Waals surface area contributed by atoms with Gasteiger partial charge in [0.25, 0.3) is 0 Å². The van der Waals surface area contributed by atoms with Crippen molar-refractivity contribution in [1.82, 2.24) is 14.4 Å². The molecule has 0 spiro atoms. The maximum Gasteiger partial charge on any atom is 0.220 e. The van der Waals surface area contributed by atoms with Crippen LogP contribution in [0.5, 0.6) is 0 Å². The van der Waals surface area contributed by atoms with Gasteiger partial charge in [-0.05, 0) is 11.5 Å². The molecular formula is C17H23N3O3S. The van der Waals surface area contributed by atoms with E-state index < -0.39 is 10.0 Å². The normalized spacial score (nSPS) is 18.5. The molecule has 1 fully saturated rings. The van der Waals surface area contributed by atoms with Crippen LogP contribution in [0.25, 0.3) is 0 Å². The van der Waals surface area contributed by atoms with Gasteiger partial charge in [0.2, 0.25) is 10.0 Å². The van der Waals surface area contributed by atoms with Crippen LogP contribution >= 0.6 is 0 Å². The van der Waals surface area contributed by atoms with E-state index >= 15 is 0 Å². The average molecular weight is 349 g/mol. The molecule has 7 heteroatoms. The van der Waals surface area contributed by atoms with Crippen molar-refractivity contribution in [2.75, 3.05) is 32.7 Å². The lowest BCUT2D eigenvalue weighted by atomic mass is 10.0. The first-order valence-corrected chi connectivity index (χ1v) is 9.80. The molecule has 1 atom stereocenters. The first-order chi connectivity index (χ1) is 11.5. The quantitative estimate of drug-likeness (QED) is 0.797. The van der Waals surface area contributed by atoms with Gasteiger partial charge in [-0.3, -0.25) is 0 Å². The van der Waals surface area contributed by atoms with Crippen molar-refractivity contribution in [3.63, 3.8) is 0 Å². The first kappa shape index (κ1) is 17.1. The van der Waals surface area contributed by atoms with Crippen LogP contribution in [0.3, 0.4) is 0 Å². The molecule has 0 bridgehead atoms. The maximum atomic E-state index is 12.4. The summed E-state index contributed by atoms with van der Waals surface area (Å²) in [5.41, 5.74) is 1.77. The number of aromatic nitrogens is 1. The molecule has 24 heavy (non-hydrogen) atoms. The molecule has 1 aromatic carbocycles. The highest BCUT2D eigenvalue weighted by Gasteiger charge is 2.28. The van der Waals surface area contributed by atoms with E-state index in [1.54, 1.807) is 10.4 Å². The Hall–Kier alpha value is -1.70. The van der Waals surface area contributed by atoms with Crippen molar-refractivity contribution in [3.8, 4) is 0 Å². The van der Waals surface area contributed by atoms with E-state index in [0.717, 1.165) is 19.6 Å². The Bertz CT molecular complexity index is 724. The Morgan fingerprint density at radius 1 is 1.12 bits per heavy atom. The lowest BCUT2D eigenvalue weighted by molar-refractivity contribution is 0.181. The first-order valence-electron chi connectivity index (χ1n) is 8.19. The summed E-state index contributed by atoms with van der Waals surface area (Å²) in [6, 6.07) is 12.0. The molecule has 3 rings (SSSR count). The Labute approximate surface area is 143 Å². The second-order valence-electron chi connectivity index (χ2n) is 6.26. The van der Waals surface area contributed by atoms with Crippen LogP contribution in [0.1, 0.15) is 24.1 Å². The highest BCUT2D eigenvalue weighted by molar-refractivity contribution is 7.88. The standard InChI is InChI=1S/C17H23N3O3S/c1-15(16-5-3-2-4-6-16)13-19-8-10-20(11-9-19)24(21,22)14-17-7-12-23-18-17/h2-7,12,15H,8-11,13-14H2,1H3. The van der Waals surface area contributed by atoms with E-state index in [-0.39, 0.29) is 5.75 Å². The van der Waals surface area contributed by atoms with Crippen molar-refractivity contribution in [2.45, 2.75) is 18.6 Å². The Morgan fingerprint density at radius 2 is 1.83 bits per heavy atom. The zero-order chi connectivity index (χ0) is 17.0. The van der Waals surface area contributed by atoms with Crippen molar-refractivity contribution in [2.24, 2.45) is 0 Å². The molecule has 2 aromatic rings. The van der Waals surface area contributed by atoms with Gasteiger partial charge in [0, 0.05) is 38.8 Å². The molecule has 1 unspecified atom stereocenters. The Balaban J connectivity index is 1.52. The zero-order valence-corrected chi connectivity index (χ0v) is 14.7. The summed E-state index contributed by atoms with van der Waals surface area (Å²) < 4.78 is 31.1. The van der Waals surface area contributed by atoms with Gasteiger partial charge in [0.1, 0.15) is 12.0 Å². The predicted octanol–water partition coefficient (Wildman–Crippen LogP) is 1.93. The number of benzene rings is 1. The molecule has 0 radical (unpaired) electrons. The average Bonchev–Trinajstić information content (AvgIpc) is 3.08. The molecule has 0 aliphatic carbocycles. The van der Waals surface area contributed by atoms with Gasteiger partial charge in [-0.25, -0.2) is 8.42 Å². The highest BCUT2D eigenvalue weighted by Crippen LogP contribution is 2.18. The smallest absolute Gasteiger partial charge is 0.220 e. The summed E-state index contributed by atoms with van der Waals surface area (Å²) in [7, 11) is -3.33. The molecule has 1 aromatic heterocycles. The molecule has 1 aliphatic rings. The van der Waals surface area contributed by atoms with Crippen molar-refractivity contribution in [3.05, 3.63) is 53.9 Å². The number of hydrogen-bond donors (Lipinski definition) is 0. The van der Waals surface area contributed by atoms with Crippen molar-refractivity contribution in [1.29, 1.82) is 0 Å². The molecule has 1 aliphatic heterocycles. The monoisotopic (exact) mass is 349 g/mol. The minimum Gasteiger partial charge on any atom is -0.364 e. The van der Waals surface area contributed by atoms with Gasteiger partial charge in [0.15, 0.2) is 0 Å². The SMILES string of the molecule is CC(CN1CCN(S(=O)(=O)Cc2ccon2)CC1)c1ccccc1. The van der Waals surface area contributed by atoms with Gasteiger partial charge in [-0.15, -0.1) is 0 Å². The number of sulfonamides is 1. The minimum atomic E-state index is -3.33. The largest absolute Gasteiger partial charge is 0.364 e. The molecule has 0 saturated carbocycles. The number of nitrogens with zero attached hydrogens (tertiary/aromatic N) is 3. The Morgan fingerprint density at radius 3 is 2.46 bits per heavy atom. The lowest BCUT2D eigenvalue weighted by Gasteiger charge is -2.35. The third kappa shape index (κ3) is 4.23. The van der Waals surface area contributed by atoms with E-state index in [0.29, 0.717) is 24.7 Å². The van der Waals surface area contributed by atoms with Crippen LogP contribution in [0.4, 0.5) is 0 Å². The van der Waals surface area contributed by atoms with E-state index in [9.17, 15) is 8.42 Å². The van der Waals surface area contributed by atoms with Crippen LogP contribution in [0.2, 0.25) is 0 Å². The number of hydrogen-bond acceptors (Lipinski definition) is 5. The topological polar surface area (TPSA) is 66.7 Å². The van der Waals surface area contributed by atoms with Crippen molar-refractivity contribution < 1.29 is 12.9 Å². The van der Waals surface area contributed by atoms with Crippen LogP contribution in [-0.2, 0) is 15.8 Å². The summed E-state index contributed by atoms with van der Waals surface area (Å²) in [6.07, 6.45) is 1.40. The van der Waals surface area contributed by atoms with Crippen LogP contribution in [0.15, 0.2) is 47.2 Å². The highest BCUT2D eigenvalue weighted by atomic mass is 32.2. The molecule has 0 amide bonds. The molecule has 1 saturated heterocycles. The summed E-state index contributed by atoms with van der Waals surface area (Å²) >= 11 is 0. The summed E-state index contributed by atoms with van der Waals surface area (Å²) in [5.74, 6) is 0.341. The third-order valence-electron chi connectivity index (χ3n) is 4.45.